The van der Waals surface area contributed by atoms with Gasteiger partial charge in [0.05, 0.1) is 12.2 Å². The fraction of sp³-hybridized carbons (Fsp3) is 0.241. The van der Waals surface area contributed by atoms with Gasteiger partial charge in [-0.15, -0.1) is 0 Å². The largest absolute Gasteiger partial charge is 0.356 e. The molecule has 3 heterocycles. The summed E-state index contributed by atoms with van der Waals surface area (Å²) in [5.74, 6) is -0.579. The third kappa shape index (κ3) is 3.51. The van der Waals surface area contributed by atoms with Gasteiger partial charge in [-0.25, -0.2) is 4.39 Å². The first-order valence-corrected chi connectivity index (χ1v) is 12.4. The van der Waals surface area contributed by atoms with Crippen molar-refractivity contribution in [1.29, 1.82) is 0 Å². The molecule has 1 N–H and O–H groups in total. The molecule has 2 aliphatic rings. The number of carbonyl (C=O) groups is 2. The number of amides is 2. The second-order valence-electron chi connectivity index (χ2n) is 9.74. The molecule has 36 heavy (non-hydrogen) atoms. The zero-order chi connectivity index (χ0) is 25.0. The molecule has 0 radical (unpaired) electrons. The van der Waals surface area contributed by atoms with E-state index in [-0.39, 0.29) is 30.1 Å². The van der Waals surface area contributed by atoms with Crippen molar-refractivity contribution in [2.45, 2.75) is 24.8 Å². The predicted molar refractivity (Wildman–Crippen MR) is 137 cm³/mol. The molecule has 2 amide bonds. The monoisotopic (exact) mass is 501 g/mol. The third-order valence-corrected chi connectivity index (χ3v) is 7.93. The Hall–Kier alpha value is -3.64. The molecular weight excluding hydrogens is 477 g/mol. The van der Waals surface area contributed by atoms with Gasteiger partial charge >= 0.3 is 0 Å². The Bertz CT molecular complexity index is 1480. The van der Waals surface area contributed by atoms with Gasteiger partial charge in [-0.05, 0) is 60.4 Å². The summed E-state index contributed by atoms with van der Waals surface area (Å²) in [6.45, 7) is 2.67. The second-order valence-corrected chi connectivity index (χ2v) is 10.2. The number of fused-ring (bicyclic) bond motifs is 5. The normalized spacial score (nSPS) is 21.6. The lowest BCUT2D eigenvalue weighted by Gasteiger charge is -2.51. The molecule has 1 fully saturated rings. The number of carbonyl (C=O) groups excluding carboxylic acids is 2. The minimum absolute atomic E-state index is 0.0263. The van der Waals surface area contributed by atoms with E-state index < -0.39 is 5.54 Å². The molecule has 0 bridgehead atoms. The van der Waals surface area contributed by atoms with Gasteiger partial charge in [0.2, 0.25) is 5.91 Å². The lowest BCUT2D eigenvalue weighted by molar-refractivity contribution is -0.166. The summed E-state index contributed by atoms with van der Waals surface area (Å²) in [6, 6.07) is 22.0. The molecule has 7 heteroatoms. The molecule has 5 nitrogen and oxygen atoms in total. The van der Waals surface area contributed by atoms with Gasteiger partial charge in [0.25, 0.3) is 5.91 Å². The molecule has 3 aromatic carbocycles. The molecule has 0 unspecified atom stereocenters. The van der Waals surface area contributed by atoms with Crippen molar-refractivity contribution in [3.05, 3.63) is 106 Å². The van der Waals surface area contributed by atoms with Crippen LogP contribution < -0.4 is 0 Å². The summed E-state index contributed by atoms with van der Waals surface area (Å²) in [5, 5.41) is 1.71. The zero-order valence-electron chi connectivity index (χ0n) is 19.8. The van der Waals surface area contributed by atoms with Gasteiger partial charge in [-0.1, -0.05) is 54.1 Å². The van der Waals surface area contributed by atoms with E-state index in [0.29, 0.717) is 24.5 Å². The molecule has 182 valence electrons. The molecule has 0 spiro atoms. The summed E-state index contributed by atoms with van der Waals surface area (Å²) in [7, 11) is 0. The molecule has 2 atom stereocenters. The Morgan fingerprint density at radius 1 is 1.03 bits per heavy atom. The van der Waals surface area contributed by atoms with Crippen molar-refractivity contribution >= 4 is 34.3 Å². The van der Waals surface area contributed by atoms with E-state index in [1.807, 2.05) is 49.4 Å². The van der Waals surface area contributed by atoms with E-state index in [4.69, 9.17) is 11.6 Å². The lowest BCUT2D eigenvalue weighted by atomic mass is 9.76. The summed E-state index contributed by atoms with van der Waals surface area (Å²) >= 11 is 6.16. The number of halogens is 2. The van der Waals surface area contributed by atoms with Crippen LogP contribution >= 0.6 is 11.6 Å². The number of hydrogen-bond acceptors (Lipinski definition) is 2. The number of rotatable bonds is 4. The first kappa shape index (κ1) is 22.8. The molecule has 4 aromatic rings. The SMILES string of the molecule is C[C@]12C(=O)N(CCc3ccc(F)cc3)CC(=O)N1C[C@@H](c1ccc(Cl)cc1)c1c2[nH]c2ccccc12. The Labute approximate surface area is 213 Å². The fourth-order valence-electron chi connectivity index (χ4n) is 5.77. The van der Waals surface area contributed by atoms with E-state index in [9.17, 15) is 14.0 Å². The third-order valence-electron chi connectivity index (χ3n) is 7.67. The maximum absolute atomic E-state index is 14.1. The van der Waals surface area contributed by atoms with Gasteiger partial charge < -0.3 is 14.8 Å². The van der Waals surface area contributed by atoms with Crippen molar-refractivity contribution in [2.24, 2.45) is 0 Å². The number of aromatic amines is 1. The molecule has 1 aromatic heterocycles. The number of hydrogen-bond donors (Lipinski definition) is 1. The first-order chi connectivity index (χ1) is 17.4. The quantitative estimate of drug-likeness (QED) is 0.416. The predicted octanol–water partition coefficient (Wildman–Crippen LogP) is 5.23. The summed E-state index contributed by atoms with van der Waals surface area (Å²) < 4.78 is 13.3. The van der Waals surface area contributed by atoms with Crippen LogP contribution in [-0.4, -0.2) is 46.2 Å². The van der Waals surface area contributed by atoms with Crippen LogP contribution in [-0.2, 0) is 21.5 Å². The van der Waals surface area contributed by atoms with E-state index in [1.165, 1.54) is 12.1 Å². The van der Waals surface area contributed by atoms with Crippen LogP contribution in [0.5, 0.6) is 0 Å². The van der Waals surface area contributed by atoms with Gasteiger partial charge in [-0.2, -0.15) is 0 Å². The number of H-pyrrole nitrogens is 1. The summed E-state index contributed by atoms with van der Waals surface area (Å²) in [6.07, 6.45) is 0.544. The fourth-order valence-corrected chi connectivity index (χ4v) is 5.89. The number of benzene rings is 3. The molecule has 1 saturated heterocycles. The van der Waals surface area contributed by atoms with Crippen LogP contribution in [0.25, 0.3) is 10.9 Å². The van der Waals surface area contributed by atoms with Crippen LogP contribution in [0.1, 0.15) is 35.2 Å². The minimum Gasteiger partial charge on any atom is -0.356 e. The van der Waals surface area contributed by atoms with E-state index in [0.717, 1.165) is 33.3 Å². The standard InChI is InChI=1S/C29H25ClFN3O2/c1-29-27-26(22-4-2-3-5-24(22)32-27)23(19-8-10-20(30)11-9-19)16-34(29)25(35)17-33(28(29)36)15-14-18-6-12-21(31)13-7-18/h2-13,23,32H,14-17H2,1H3/t23-,29-/m0/s1. The van der Waals surface area contributed by atoms with Crippen LogP contribution in [0, 0.1) is 5.82 Å². The molecular formula is C29H25ClFN3O2. The van der Waals surface area contributed by atoms with E-state index in [2.05, 4.69) is 11.1 Å². The highest BCUT2D eigenvalue weighted by Gasteiger charge is 2.56. The number of para-hydroxylation sites is 1. The summed E-state index contributed by atoms with van der Waals surface area (Å²) in [5.41, 5.74) is 3.57. The van der Waals surface area contributed by atoms with Gasteiger partial charge in [0.1, 0.15) is 5.82 Å². The van der Waals surface area contributed by atoms with Crippen LogP contribution in [0.3, 0.4) is 0 Å². The number of nitrogens with one attached hydrogen (secondary N) is 1. The van der Waals surface area contributed by atoms with Crippen molar-refractivity contribution < 1.29 is 14.0 Å². The van der Waals surface area contributed by atoms with Crippen LogP contribution in [0.15, 0.2) is 72.8 Å². The Morgan fingerprint density at radius 3 is 2.50 bits per heavy atom. The van der Waals surface area contributed by atoms with Gasteiger partial charge in [0.15, 0.2) is 5.54 Å². The van der Waals surface area contributed by atoms with E-state index >= 15 is 0 Å². The topological polar surface area (TPSA) is 56.4 Å². The minimum atomic E-state index is -1.14. The van der Waals surface area contributed by atoms with Crippen molar-refractivity contribution in [2.75, 3.05) is 19.6 Å². The van der Waals surface area contributed by atoms with Gasteiger partial charge in [-0.3, -0.25) is 9.59 Å². The molecule has 0 aliphatic carbocycles. The van der Waals surface area contributed by atoms with Crippen LogP contribution in [0.4, 0.5) is 4.39 Å². The summed E-state index contributed by atoms with van der Waals surface area (Å²) in [4.78, 5) is 34.5. The highest BCUT2D eigenvalue weighted by Crippen LogP contribution is 2.48. The zero-order valence-corrected chi connectivity index (χ0v) is 20.6. The number of piperazine rings is 1. The molecule has 6 rings (SSSR count). The maximum atomic E-state index is 14.1. The first-order valence-electron chi connectivity index (χ1n) is 12.1. The Kier molecular flexibility index (Phi) is 5.38. The average molecular weight is 502 g/mol. The van der Waals surface area contributed by atoms with Gasteiger partial charge in [0, 0.05) is 34.9 Å². The number of aromatic nitrogens is 1. The van der Waals surface area contributed by atoms with E-state index in [1.54, 1.807) is 21.9 Å². The van der Waals surface area contributed by atoms with Crippen LogP contribution in [0.2, 0.25) is 5.02 Å². The Balaban J connectivity index is 1.43. The average Bonchev–Trinajstić information content (AvgIpc) is 3.28. The molecule has 2 aliphatic heterocycles. The smallest absolute Gasteiger partial charge is 0.254 e. The highest BCUT2D eigenvalue weighted by atomic mass is 35.5. The Morgan fingerprint density at radius 2 is 1.75 bits per heavy atom. The van der Waals surface area contributed by atoms with Crippen molar-refractivity contribution in [3.8, 4) is 0 Å². The highest BCUT2D eigenvalue weighted by molar-refractivity contribution is 6.30. The lowest BCUT2D eigenvalue weighted by Crippen LogP contribution is -2.67. The second kappa shape index (κ2) is 8.49. The molecule has 0 saturated carbocycles. The maximum Gasteiger partial charge on any atom is 0.254 e. The van der Waals surface area contributed by atoms with Crippen molar-refractivity contribution in [3.63, 3.8) is 0 Å². The van der Waals surface area contributed by atoms with Crippen molar-refractivity contribution in [1.82, 2.24) is 14.8 Å². The number of nitrogens with zero attached hydrogens (tertiary/aromatic N) is 2.